The Labute approximate surface area is 171 Å². The van der Waals surface area contributed by atoms with Crippen LogP contribution in [0.1, 0.15) is 79.8 Å². The summed E-state index contributed by atoms with van der Waals surface area (Å²) in [5.41, 5.74) is 0.951. The van der Waals surface area contributed by atoms with Crippen molar-refractivity contribution in [3.05, 3.63) is 17.5 Å². The molecule has 5 fully saturated rings. The first-order valence-electron chi connectivity index (χ1n) is 11.3. The van der Waals surface area contributed by atoms with E-state index in [1.54, 1.807) is 6.20 Å². The van der Waals surface area contributed by atoms with Crippen LogP contribution in [0.4, 0.5) is 5.95 Å². The zero-order chi connectivity index (χ0) is 20.0. The zero-order valence-electron chi connectivity index (χ0n) is 16.9. The van der Waals surface area contributed by atoms with Gasteiger partial charge in [-0.25, -0.2) is 9.97 Å². The van der Waals surface area contributed by atoms with Crippen molar-refractivity contribution in [2.24, 2.45) is 17.8 Å². The van der Waals surface area contributed by atoms with Gasteiger partial charge in [-0.1, -0.05) is 12.8 Å². The van der Waals surface area contributed by atoms with Crippen LogP contribution in [0.25, 0.3) is 0 Å². The number of nitrogens with one attached hydrogen (secondary N) is 2. The van der Waals surface area contributed by atoms with E-state index in [-0.39, 0.29) is 18.6 Å². The summed E-state index contributed by atoms with van der Waals surface area (Å²) < 4.78 is 0. The average molecular weight is 401 g/mol. The summed E-state index contributed by atoms with van der Waals surface area (Å²) in [4.78, 5) is 22.3. The SMILES string of the molecule is O=C(N[C@H]1C2CC3CC1C[C@@](O)(C3)C2)c1cnc(NCCO)nc1C1CCCC1. The molecule has 2 unspecified atom stereocenters. The Balaban J connectivity index is 1.36. The molecule has 7 nitrogen and oxygen atoms in total. The van der Waals surface area contributed by atoms with Gasteiger partial charge >= 0.3 is 0 Å². The Morgan fingerprint density at radius 1 is 1.17 bits per heavy atom. The first-order chi connectivity index (χ1) is 14.0. The van der Waals surface area contributed by atoms with Gasteiger partial charge in [-0.2, -0.15) is 0 Å². The molecule has 0 aromatic carbocycles. The quantitative estimate of drug-likeness (QED) is 0.583. The number of aliphatic hydroxyl groups excluding tert-OH is 1. The first kappa shape index (κ1) is 19.2. The maximum absolute atomic E-state index is 13.3. The molecule has 1 heterocycles. The van der Waals surface area contributed by atoms with Gasteiger partial charge in [0.05, 0.1) is 23.5 Å². The van der Waals surface area contributed by atoms with Gasteiger partial charge < -0.3 is 20.8 Å². The molecule has 158 valence electrons. The first-order valence-corrected chi connectivity index (χ1v) is 11.3. The van der Waals surface area contributed by atoms with Crippen LogP contribution in [-0.2, 0) is 0 Å². The summed E-state index contributed by atoms with van der Waals surface area (Å²) in [6.07, 6.45) is 10.9. The number of aliphatic hydroxyl groups is 2. The number of carbonyl (C=O) groups excluding carboxylic acids is 1. The highest BCUT2D eigenvalue weighted by molar-refractivity contribution is 5.95. The maximum atomic E-state index is 13.3. The number of hydrogen-bond donors (Lipinski definition) is 4. The summed E-state index contributed by atoms with van der Waals surface area (Å²) in [5.74, 6) is 2.11. The molecule has 5 aliphatic carbocycles. The maximum Gasteiger partial charge on any atom is 0.254 e. The predicted octanol–water partition coefficient (Wildman–Crippen LogP) is 2.21. The number of rotatable bonds is 6. The van der Waals surface area contributed by atoms with E-state index < -0.39 is 5.60 Å². The van der Waals surface area contributed by atoms with E-state index in [0.717, 1.165) is 50.6 Å². The van der Waals surface area contributed by atoms with Crippen molar-refractivity contribution in [3.8, 4) is 0 Å². The minimum Gasteiger partial charge on any atom is -0.395 e. The Kier molecular flexibility index (Phi) is 4.98. The highest BCUT2D eigenvalue weighted by Crippen LogP contribution is 2.55. The monoisotopic (exact) mass is 400 g/mol. The van der Waals surface area contributed by atoms with Gasteiger partial charge in [0.15, 0.2) is 0 Å². The van der Waals surface area contributed by atoms with Crippen LogP contribution in [-0.4, -0.2) is 50.9 Å². The topological polar surface area (TPSA) is 107 Å². The van der Waals surface area contributed by atoms with Crippen LogP contribution >= 0.6 is 0 Å². The molecular weight excluding hydrogens is 368 g/mol. The Morgan fingerprint density at radius 3 is 2.55 bits per heavy atom. The highest BCUT2D eigenvalue weighted by atomic mass is 16.3. The molecule has 1 amide bonds. The molecule has 0 spiro atoms. The van der Waals surface area contributed by atoms with E-state index >= 15 is 0 Å². The lowest BCUT2D eigenvalue weighted by atomic mass is 9.52. The molecule has 7 heteroatoms. The molecule has 1 aromatic rings. The van der Waals surface area contributed by atoms with Crippen LogP contribution in [0.2, 0.25) is 0 Å². The minimum atomic E-state index is -0.490. The lowest BCUT2D eigenvalue weighted by Gasteiger charge is -2.58. The Bertz CT molecular complexity index is 763. The third-order valence-corrected chi connectivity index (χ3v) is 7.74. The van der Waals surface area contributed by atoms with E-state index in [9.17, 15) is 9.90 Å². The van der Waals surface area contributed by atoms with Gasteiger partial charge in [0.1, 0.15) is 0 Å². The van der Waals surface area contributed by atoms with Crippen LogP contribution in [0.15, 0.2) is 6.20 Å². The summed E-state index contributed by atoms with van der Waals surface area (Å²) in [6, 6.07) is 0.156. The number of anilines is 1. The third-order valence-electron chi connectivity index (χ3n) is 7.74. The normalized spacial score (nSPS) is 35.8. The fourth-order valence-electron chi connectivity index (χ4n) is 6.78. The molecule has 1 aromatic heterocycles. The molecule has 4 bridgehead atoms. The number of hydrogen-bond acceptors (Lipinski definition) is 6. The summed E-state index contributed by atoms with van der Waals surface area (Å²) in [5, 5.41) is 26.2. The number of aromatic nitrogens is 2. The van der Waals surface area contributed by atoms with Crippen molar-refractivity contribution in [1.29, 1.82) is 0 Å². The van der Waals surface area contributed by atoms with Crippen molar-refractivity contribution in [2.75, 3.05) is 18.5 Å². The van der Waals surface area contributed by atoms with Gasteiger partial charge in [-0.15, -0.1) is 0 Å². The lowest BCUT2D eigenvalue weighted by molar-refractivity contribution is -0.136. The van der Waals surface area contributed by atoms with E-state index in [2.05, 4.69) is 20.6 Å². The predicted molar refractivity (Wildman–Crippen MR) is 109 cm³/mol. The molecule has 4 N–H and O–H groups in total. The van der Waals surface area contributed by atoms with E-state index in [1.165, 1.54) is 12.8 Å². The van der Waals surface area contributed by atoms with Gasteiger partial charge in [0, 0.05) is 24.7 Å². The van der Waals surface area contributed by atoms with Crippen molar-refractivity contribution >= 4 is 11.9 Å². The molecule has 0 radical (unpaired) electrons. The smallest absolute Gasteiger partial charge is 0.254 e. The van der Waals surface area contributed by atoms with Gasteiger partial charge in [0.2, 0.25) is 5.95 Å². The molecule has 5 saturated carbocycles. The molecule has 0 saturated heterocycles. The Hall–Kier alpha value is -1.73. The number of carbonyl (C=O) groups is 1. The van der Waals surface area contributed by atoms with Gasteiger partial charge in [-0.05, 0) is 62.7 Å². The van der Waals surface area contributed by atoms with Crippen molar-refractivity contribution < 1.29 is 15.0 Å². The van der Waals surface area contributed by atoms with Crippen molar-refractivity contribution in [1.82, 2.24) is 15.3 Å². The molecule has 29 heavy (non-hydrogen) atoms. The van der Waals surface area contributed by atoms with Crippen molar-refractivity contribution in [3.63, 3.8) is 0 Å². The largest absolute Gasteiger partial charge is 0.395 e. The van der Waals surface area contributed by atoms with Crippen molar-refractivity contribution in [2.45, 2.75) is 75.3 Å². The second-order valence-corrected chi connectivity index (χ2v) is 9.82. The summed E-state index contributed by atoms with van der Waals surface area (Å²) >= 11 is 0. The minimum absolute atomic E-state index is 0.0160. The molecule has 0 aliphatic heterocycles. The highest BCUT2D eigenvalue weighted by Gasteiger charge is 2.55. The molecular formula is C22H32N4O3. The van der Waals surface area contributed by atoms with Gasteiger partial charge in [-0.3, -0.25) is 4.79 Å². The second kappa shape index (κ2) is 7.51. The van der Waals surface area contributed by atoms with Crippen LogP contribution in [0.3, 0.4) is 0 Å². The van der Waals surface area contributed by atoms with Crippen LogP contribution in [0.5, 0.6) is 0 Å². The number of amides is 1. The fraction of sp³-hybridized carbons (Fsp3) is 0.773. The molecule has 6 rings (SSSR count). The van der Waals surface area contributed by atoms with Crippen LogP contribution in [0, 0.1) is 17.8 Å². The molecule has 5 aliphatic rings. The third kappa shape index (κ3) is 3.63. The summed E-state index contributed by atoms with van der Waals surface area (Å²) in [7, 11) is 0. The Morgan fingerprint density at radius 2 is 1.90 bits per heavy atom. The fourth-order valence-corrected chi connectivity index (χ4v) is 6.78. The second-order valence-electron chi connectivity index (χ2n) is 9.82. The average Bonchev–Trinajstić information content (AvgIpc) is 3.22. The zero-order valence-corrected chi connectivity index (χ0v) is 16.9. The summed E-state index contributed by atoms with van der Waals surface area (Å²) in [6.45, 7) is 0.410. The molecule has 2 atom stereocenters. The standard InChI is InChI=1S/C22H32N4O3/c27-6-5-23-21-24-12-17(19(26-21)14-3-1-2-4-14)20(28)25-18-15-7-13-8-16(18)11-22(29,9-13)10-15/h12-16,18,27,29H,1-11H2,(H,25,28)(H,23,24,26)/t13?,15?,16?,18-,22+. The van der Waals surface area contributed by atoms with E-state index in [4.69, 9.17) is 5.11 Å². The number of nitrogens with zero attached hydrogens (tertiary/aromatic N) is 2. The van der Waals surface area contributed by atoms with Gasteiger partial charge in [0.25, 0.3) is 5.91 Å². The van der Waals surface area contributed by atoms with E-state index in [0.29, 0.717) is 41.7 Å². The lowest BCUT2D eigenvalue weighted by Crippen LogP contribution is -2.61. The van der Waals surface area contributed by atoms with E-state index in [1.807, 2.05) is 0 Å². The van der Waals surface area contributed by atoms with Crippen LogP contribution < -0.4 is 10.6 Å².